The summed E-state index contributed by atoms with van der Waals surface area (Å²) in [6, 6.07) is 5.28. The Kier molecular flexibility index (Phi) is 8.96. The first-order chi connectivity index (χ1) is 15.3. The summed E-state index contributed by atoms with van der Waals surface area (Å²) < 4.78 is 48.2. The molecule has 12 heteroatoms. The maximum atomic E-state index is 14.5. The summed E-state index contributed by atoms with van der Waals surface area (Å²) in [4.78, 5) is 19.5. The van der Waals surface area contributed by atoms with Crippen molar-refractivity contribution in [2.24, 2.45) is 0 Å². The number of hydrogen-bond donors (Lipinski definition) is 3. The molecule has 0 bridgehead atoms. The first-order valence-electron chi connectivity index (χ1n) is 9.56. The van der Waals surface area contributed by atoms with Crippen molar-refractivity contribution in [3.63, 3.8) is 0 Å². The summed E-state index contributed by atoms with van der Waals surface area (Å²) in [5.41, 5.74) is 1.05. The van der Waals surface area contributed by atoms with Gasteiger partial charge >= 0.3 is 0 Å². The van der Waals surface area contributed by atoms with Crippen molar-refractivity contribution >= 4 is 51.5 Å². The molecule has 0 radical (unpaired) electrons. The van der Waals surface area contributed by atoms with Crippen molar-refractivity contribution < 1.29 is 32.6 Å². The number of halogens is 5. The van der Waals surface area contributed by atoms with Gasteiger partial charge in [0, 0.05) is 23.2 Å². The third-order valence-electron chi connectivity index (χ3n) is 4.61. The maximum absolute atomic E-state index is 14.5. The van der Waals surface area contributed by atoms with E-state index in [9.17, 15) is 23.1 Å². The van der Waals surface area contributed by atoms with Crippen molar-refractivity contribution in [3.8, 4) is 0 Å². The molecule has 1 fully saturated rings. The number of hydrogen-bond acceptors (Lipinski definition) is 6. The van der Waals surface area contributed by atoms with Crippen molar-refractivity contribution in [1.29, 1.82) is 0 Å². The number of ether oxygens (including phenoxy) is 1. The summed E-state index contributed by atoms with van der Waals surface area (Å²) in [6.45, 7) is 2.48. The molecular weight excluding hydrogens is 566 g/mol. The van der Waals surface area contributed by atoms with Crippen molar-refractivity contribution in [1.82, 2.24) is 10.4 Å². The van der Waals surface area contributed by atoms with Gasteiger partial charge in [-0.05, 0) is 46.9 Å². The smallest absolute Gasteiger partial charge is 0.277 e. The SMILES string of the molecule is O=C(NOCC(O)CN1CCOCC1)c1cc(F)c(F)c(F)c1Nc1ccc(I)cc1Cl. The second kappa shape index (κ2) is 11.5. The molecule has 7 nitrogen and oxygen atoms in total. The minimum atomic E-state index is -1.74. The number of aliphatic hydroxyl groups is 1. The van der Waals surface area contributed by atoms with Crippen LogP contribution < -0.4 is 10.8 Å². The van der Waals surface area contributed by atoms with E-state index in [-0.39, 0.29) is 17.3 Å². The van der Waals surface area contributed by atoms with Gasteiger partial charge in [0.25, 0.3) is 5.91 Å². The number of carbonyl (C=O) groups excluding carboxylic acids is 1. The van der Waals surface area contributed by atoms with E-state index >= 15 is 0 Å². The van der Waals surface area contributed by atoms with Crippen LogP contribution in [0.3, 0.4) is 0 Å². The molecule has 1 heterocycles. The number of rotatable bonds is 8. The van der Waals surface area contributed by atoms with Gasteiger partial charge in [-0.25, -0.2) is 18.7 Å². The average Bonchev–Trinajstić information content (AvgIpc) is 2.76. The number of anilines is 2. The Bertz CT molecular complexity index is 980. The standard InChI is InChI=1S/C20H20ClF3IN3O4/c21-14-7-11(25)1-2-16(14)26-19-13(8-15(22)17(23)18(19)24)20(30)27-32-10-12(29)9-28-3-5-31-6-4-28/h1-2,7-8,12,26,29H,3-6,9-10H2,(H,27,30). The predicted octanol–water partition coefficient (Wildman–Crippen LogP) is 3.46. The van der Waals surface area contributed by atoms with E-state index in [1.807, 2.05) is 33.0 Å². The van der Waals surface area contributed by atoms with Gasteiger partial charge in [0.2, 0.25) is 0 Å². The van der Waals surface area contributed by atoms with Crippen LogP contribution in [0.15, 0.2) is 24.3 Å². The lowest BCUT2D eigenvalue weighted by Crippen LogP contribution is -2.42. The summed E-state index contributed by atoms with van der Waals surface area (Å²) in [5, 5.41) is 12.8. The van der Waals surface area contributed by atoms with Crippen molar-refractivity contribution in [2.45, 2.75) is 6.10 Å². The largest absolute Gasteiger partial charge is 0.389 e. The van der Waals surface area contributed by atoms with Crippen LogP contribution >= 0.6 is 34.2 Å². The number of β-amino-alcohol motifs (C(OH)–C–C–N with tert-alkyl or cyclic N) is 1. The topological polar surface area (TPSA) is 83.1 Å². The predicted molar refractivity (Wildman–Crippen MR) is 120 cm³/mol. The Morgan fingerprint density at radius 2 is 1.97 bits per heavy atom. The summed E-state index contributed by atoms with van der Waals surface area (Å²) in [5.74, 6) is -5.91. The van der Waals surface area contributed by atoms with E-state index in [1.54, 1.807) is 12.1 Å². The third kappa shape index (κ3) is 6.45. The molecule has 1 unspecified atom stereocenters. The number of hydroxylamine groups is 1. The maximum Gasteiger partial charge on any atom is 0.277 e. The molecule has 3 N–H and O–H groups in total. The number of nitrogens with one attached hydrogen (secondary N) is 2. The third-order valence-corrected chi connectivity index (χ3v) is 5.59. The quantitative estimate of drug-likeness (QED) is 0.250. The molecule has 0 aromatic heterocycles. The molecule has 3 rings (SSSR count). The Labute approximate surface area is 200 Å². The average molecular weight is 586 g/mol. The second-order valence-electron chi connectivity index (χ2n) is 6.97. The molecule has 0 spiro atoms. The number of benzene rings is 2. The molecule has 2 aromatic rings. The molecular formula is C20H20ClF3IN3O4. The number of carbonyl (C=O) groups is 1. The van der Waals surface area contributed by atoms with Gasteiger partial charge in [-0.1, -0.05) is 11.6 Å². The molecule has 174 valence electrons. The highest BCUT2D eigenvalue weighted by molar-refractivity contribution is 14.1. The van der Waals surface area contributed by atoms with E-state index in [2.05, 4.69) is 5.32 Å². The molecule has 0 aliphatic carbocycles. The van der Waals surface area contributed by atoms with Crippen LogP contribution in [0.1, 0.15) is 10.4 Å². The van der Waals surface area contributed by atoms with Gasteiger partial charge < -0.3 is 15.2 Å². The number of morpholine rings is 1. The second-order valence-corrected chi connectivity index (χ2v) is 8.62. The monoisotopic (exact) mass is 585 g/mol. The summed E-state index contributed by atoms with van der Waals surface area (Å²) >= 11 is 8.13. The van der Waals surface area contributed by atoms with Crippen LogP contribution in [-0.2, 0) is 9.57 Å². The van der Waals surface area contributed by atoms with Crippen molar-refractivity contribution in [2.75, 3.05) is 44.8 Å². The molecule has 1 aliphatic heterocycles. The fourth-order valence-electron chi connectivity index (χ4n) is 3.01. The normalized spacial score (nSPS) is 15.4. The molecule has 1 saturated heterocycles. The van der Waals surface area contributed by atoms with Crippen LogP contribution in [0.25, 0.3) is 0 Å². The lowest BCUT2D eigenvalue weighted by Gasteiger charge is -2.28. The Balaban J connectivity index is 1.69. The molecule has 1 aliphatic rings. The number of aliphatic hydroxyl groups excluding tert-OH is 1. The van der Waals surface area contributed by atoms with E-state index in [1.165, 1.54) is 6.07 Å². The number of nitrogens with zero attached hydrogens (tertiary/aromatic N) is 1. The molecule has 2 aromatic carbocycles. The highest BCUT2D eigenvalue weighted by Gasteiger charge is 2.24. The highest BCUT2D eigenvalue weighted by Crippen LogP contribution is 2.32. The fourth-order valence-corrected chi connectivity index (χ4v) is 3.92. The minimum Gasteiger partial charge on any atom is -0.389 e. The van der Waals surface area contributed by atoms with Gasteiger partial charge in [0.15, 0.2) is 17.5 Å². The van der Waals surface area contributed by atoms with Gasteiger partial charge in [0.1, 0.15) is 6.61 Å². The summed E-state index contributed by atoms with van der Waals surface area (Å²) in [6.07, 6.45) is -0.918. The zero-order chi connectivity index (χ0) is 23.3. The van der Waals surface area contributed by atoms with Crippen LogP contribution in [0, 0.1) is 21.0 Å². The zero-order valence-corrected chi connectivity index (χ0v) is 19.6. The van der Waals surface area contributed by atoms with E-state index in [0.29, 0.717) is 38.9 Å². The zero-order valence-electron chi connectivity index (χ0n) is 16.6. The van der Waals surface area contributed by atoms with Gasteiger partial charge in [-0.3, -0.25) is 14.5 Å². The summed E-state index contributed by atoms with van der Waals surface area (Å²) in [7, 11) is 0. The molecule has 32 heavy (non-hydrogen) atoms. The Morgan fingerprint density at radius 1 is 1.25 bits per heavy atom. The van der Waals surface area contributed by atoms with Crippen LogP contribution in [0.4, 0.5) is 24.5 Å². The molecule has 1 amide bonds. The van der Waals surface area contributed by atoms with Gasteiger partial charge in [0.05, 0.1) is 41.3 Å². The van der Waals surface area contributed by atoms with Crippen LogP contribution in [-0.4, -0.2) is 61.5 Å². The van der Waals surface area contributed by atoms with E-state index < -0.39 is 40.7 Å². The van der Waals surface area contributed by atoms with Crippen molar-refractivity contribution in [3.05, 3.63) is 55.9 Å². The minimum absolute atomic E-state index is 0.188. The first kappa shape index (κ1) is 25.0. The molecule has 1 atom stereocenters. The van der Waals surface area contributed by atoms with Gasteiger partial charge in [-0.2, -0.15) is 0 Å². The number of amides is 1. The van der Waals surface area contributed by atoms with Crippen LogP contribution in [0.5, 0.6) is 0 Å². The highest BCUT2D eigenvalue weighted by atomic mass is 127. The lowest BCUT2D eigenvalue weighted by atomic mass is 10.1. The molecule has 0 saturated carbocycles. The van der Waals surface area contributed by atoms with Gasteiger partial charge in [-0.15, -0.1) is 0 Å². The Hall–Kier alpha value is -1.64. The van der Waals surface area contributed by atoms with Crippen LogP contribution in [0.2, 0.25) is 5.02 Å². The lowest BCUT2D eigenvalue weighted by molar-refractivity contribution is -0.0363. The van der Waals surface area contributed by atoms with E-state index in [4.69, 9.17) is 21.2 Å². The first-order valence-corrected chi connectivity index (χ1v) is 11.0. The Morgan fingerprint density at radius 3 is 2.66 bits per heavy atom. The van der Waals surface area contributed by atoms with E-state index in [0.717, 1.165) is 3.57 Å². The fraction of sp³-hybridized carbons (Fsp3) is 0.350.